The monoisotopic (exact) mass is 211 g/mol. The summed E-state index contributed by atoms with van der Waals surface area (Å²) in [5, 5.41) is 0. The largest absolute Gasteiger partial charge is 0.443 e. The maximum atomic E-state index is 11.8. The number of rotatable bonds is 0. The second-order valence-corrected chi connectivity index (χ2v) is 5.28. The Morgan fingerprint density at radius 1 is 1.53 bits per heavy atom. The lowest BCUT2D eigenvalue weighted by Gasteiger charge is -2.32. The van der Waals surface area contributed by atoms with Crippen LogP contribution in [0.3, 0.4) is 0 Å². The summed E-state index contributed by atoms with van der Waals surface area (Å²) in [7, 11) is 0. The van der Waals surface area contributed by atoms with Gasteiger partial charge in [-0.15, -0.1) is 0 Å². The van der Waals surface area contributed by atoms with Crippen LogP contribution in [0.1, 0.15) is 41.0 Å². The van der Waals surface area contributed by atoms with E-state index in [2.05, 4.69) is 13.0 Å². The summed E-state index contributed by atoms with van der Waals surface area (Å²) in [5.41, 5.74) is 0.584. The van der Waals surface area contributed by atoms with Gasteiger partial charge in [-0.2, -0.15) is 0 Å². The van der Waals surface area contributed by atoms with Crippen molar-refractivity contribution in [2.45, 2.75) is 46.6 Å². The minimum absolute atomic E-state index is 0.234. The van der Waals surface area contributed by atoms with Crippen LogP contribution >= 0.6 is 0 Å². The summed E-state index contributed by atoms with van der Waals surface area (Å²) in [6.45, 7) is 10.5. The first-order valence-corrected chi connectivity index (χ1v) is 5.47. The van der Waals surface area contributed by atoms with Gasteiger partial charge in [-0.25, -0.2) is 4.79 Å². The Morgan fingerprint density at radius 2 is 2.13 bits per heavy atom. The third kappa shape index (κ3) is 3.57. The lowest BCUT2D eigenvalue weighted by Crippen LogP contribution is -2.39. The molecular formula is C12H21NO2. The molecule has 0 aromatic carbocycles. The number of allylic oxidation sites excluding steroid dienone is 2. The SMILES string of the molecule is CC1=CC[C@H](C)CN1C(=O)OC(C)(C)C. The van der Waals surface area contributed by atoms with Crippen molar-refractivity contribution >= 4 is 6.09 Å². The molecule has 0 spiro atoms. The van der Waals surface area contributed by atoms with Gasteiger partial charge in [0, 0.05) is 12.2 Å². The molecule has 3 nitrogen and oxygen atoms in total. The highest BCUT2D eigenvalue weighted by Gasteiger charge is 2.26. The molecule has 3 heteroatoms. The topological polar surface area (TPSA) is 29.5 Å². The average Bonchev–Trinajstić information content (AvgIpc) is 2.06. The smallest absolute Gasteiger partial charge is 0.414 e. The van der Waals surface area contributed by atoms with Gasteiger partial charge in [0.2, 0.25) is 0 Å². The molecule has 15 heavy (non-hydrogen) atoms. The molecule has 0 saturated heterocycles. The highest BCUT2D eigenvalue weighted by molar-refractivity contribution is 5.70. The van der Waals surface area contributed by atoms with Gasteiger partial charge >= 0.3 is 6.09 Å². The van der Waals surface area contributed by atoms with Crippen molar-refractivity contribution in [3.05, 3.63) is 11.8 Å². The van der Waals surface area contributed by atoms with Gasteiger partial charge in [-0.3, -0.25) is 4.90 Å². The molecule has 0 saturated carbocycles. The molecule has 1 aliphatic rings. The molecule has 0 N–H and O–H groups in total. The van der Waals surface area contributed by atoms with Gasteiger partial charge in [0.25, 0.3) is 0 Å². The van der Waals surface area contributed by atoms with Crippen molar-refractivity contribution in [1.82, 2.24) is 4.90 Å². The molecule has 1 amide bonds. The Balaban J connectivity index is 2.67. The maximum Gasteiger partial charge on any atom is 0.414 e. The first-order valence-electron chi connectivity index (χ1n) is 5.47. The van der Waals surface area contributed by atoms with Crippen molar-refractivity contribution < 1.29 is 9.53 Å². The summed E-state index contributed by atoms with van der Waals surface area (Å²) in [6, 6.07) is 0. The van der Waals surface area contributed by atoms with Crippen LogP contribution in [0.25, 0.3) is 0 Å². The minimum Gasteiger partial charge on any atom is -0.443 e. The normalized spacial score (nSPS) is 22.3. The summed E-state index contributed by atoms with van der Waals surface area (Å²) in [5.74, 6) is 0.515. The zero-order valence-electron chi connectivity index (χ0n) is 10.3. The van der Waals surface area contributed by atoms with Crippen LogP contribution in [0.4, 0.5) is 4.79 Å². The van der Waals surface area contributed by atoms with Gasteiger partial charge in [0.1, 0.15) is 5.60 Å². The minimum atomic E-state index is -0.419. The standard InChI is InChI=1S/C12H21NO2/c1-9-6-7-10(2)13(8-9)11(14)15-12(3,4)5/h7,9H,6,8H2,1-5H3/t9-/m0/s1. The quantitative estimate of drug-likeness (QED) is 0.616. The van der Waals surface area contributed by atoms with E-state index in [1.807, 2.05) is 27.7 Å². The zero-order chi connectivity index (χ0) is 11.6. The second-order valence-electron chi connectivity index (χ2n) is 5.28. The summed E-state index contributed by atoms with van der Waals surface area (Å²) >= 11 is 0. The van der Waals surface area contributed by atoms with E-state index in [-0.39, 0.29) is 6.09 Å². The van der Waals surface area contributed by atoms with E-state index in [9.17, 15) is 4.79 Å². The fourth-order valence-corrected chi connectivity index (χ4v) is 1.55. The molecule has 0 unspecified atom stereocenters. The van der Waals surface area contributed by atoms with Crippen molar-refractivity contribution in [3.63, 3.8) is 0 Å². The second kappa shape index (κ2) is 4.25. The highest BCUT2D eigenvalue weighted by atomic mass is 16.6. The Kier molecular flexibility index (Phi) is 3.42. The fraction of sp³-hybridized carbons (Fsp3) is 0.750. The number of hydrogen-bond donors (Lipinski definition) is 0. The molecule has 1 aliphatic heterocycles. The molecule has 0 aliphatic carbocycles. The number of ether oxygens (including phenoxy) is 1. The van der Waals surface area contributed by atoms with E-state index >= 15 is 0 Å². The van der Waals surface area contributed by atoms with Crippen LogP contribution < -0.4 is 0 Å². The fourth-order valence-electron chi connectivity index (χ4n) is 1.55. The van der Waals surface area contributed by atoms with Crippen molar-refractivity contribution in [3.8, 4) is 0 Å². The van der Waals surface area contributed by atoms with E-state index in [4.69, 9.17) is 4.74 Å². The van der Waals surface area contributed by atoms with Crippen LogP contribution in [0.15, 0.2) is 11.8 Å². The van der Waals surface area contributed by atoms with Crippen LogP contribution in [0, 0.1) is 5.92 Å². The third-order valence-corrected chi connectivity index (χ3v) is 2.35. The Labute approximate surface area is 92.1 Å². The van der Waals surface area contributed by atoms with Crippen LogP contribution in [-0.4, -0.2) is 23.1 Å². The number of carbonyl (C=O) groups is 1. The Morgan fingerprint density at radius 3 is 2.67 bits per heavy atom. The van der Waals surface area contributed by atoms with Gasteiger partial charge in [-0.05, 0) is 40.0 Å². The van der Waals surface area contributed by atoms with Crippen molar-refractivity contribution in [1.29, 1.82) is 0 Å². The number of nitrogens with zero attached hydrogens (tertiary/aromatic N) is 1. The van der Waals surface area contributed by atoms with Gasteiger partial charge in [-0.1, -0.05) is 13.0 Å². The Hall–Kier alpha value is -0.990. The lowest BCUT2D eigenvalue weighted by molar-refractivity contribution is 0.0281. The van der Waals surface area contributed by atoms with Gasteiger partial charge < -0.3 is 4.74 Å². The van der Waals surface area contributed by atoms with Crippen molar-refractivity contribution in [2.75, 3.05) is 6.54 Å². The molecular weight excluding hydrogens is 190 g/mol. The predicted octanol–water partition coefficient (Wildman–Crippen LogP) is 3.17. The van der Waals surface area contributed by atoms with E-state index in [0.717, 1.165) is 18.7 Å². The Bertz CT molecular complexity index is 276. The van der Waals surface area contributed by atoms with Crippen molar-refractivity contribution in [2.24, 2.45) is 5.92 Å². The zero-order valence-corrected chi connectivity index (χ0v) is 10.3. The molecule has 1 heterocycles. The number of carbonyl (C=O) groups excluding carboxylic acids is 1. The van der Waals surface area contributed by atoms with Crippen LogP contribution in [0.2, 0.25) is 0 Å². The van der Waals surface area contributed by atoms with Crippen LogP contribution in [-0.2, 0) is 4.74 Å². The number of hydrogen-bond acceptors (Lipinski definition) is 2. The maximum absolute atomic E-state index is 11.8. The lowest BCUT2D eigenvalue weighted by atomic mass is 10.0. The molecule has 86 valence electrons. The van der Waals surface area contributed by atoms with Gasteiger partial charge in [0.05, 0.1) is 0 Å². The molecule has 0 bridgehead atoms. The highest BCUT2D eigenvalue weighted by Crippen LogP contribution is 2.21. The molecule has 0 aromatic heterocycles. The van der Waals surface area contributed by atoms with Crippen LogP contribution in [0.5, 0.6) is 0 Å². The first kappa shape index (κ1) is 12.1. The number of amides is 1. The molecule has 0 aromatic rings. The molecule has 1 atom stereocenters. The summed E-state index contributed by atoms with van der Waals surface area (Å²) in [6.07, 6.45) is 2.91. The van der Waals surface area contributed by atoms with E-state index < -0.39 is 5.60 Å². The first-order chi connectivity index (χ1) is 6.79. The van der Waals surface area contributed by atoms with E-state index in [1.165, 1.54) is 0 Å². The van der Waals surface area contributed by atoms with E-state index in [1.54, 1.807) is 4.90 Å². The predicted molar refractivity (Wildman–Crippen MR) is 60.5 cm³/mol. The molecule has 0 fully saturated rings. The molecule has 0 radical (unpaired) electrons. The summed E-state index contributed by atoms with van der Waals surface area (Å²) < 4.78 is 5.34. The summed E-state index contributed by atoms with van der Waals surface area (Å²) in [4.78, 5) is 13.6. The third-order valence-electron chi connectivity index (χ3n) is 2.35. The van der Waals surface area contributed by atoms with E-state index in [0.29, 0.717) is 5.92 Å². The average molecular weight is 211 g/mol. The molecule has 1 rings (SSSR count). The van der Waals surface area contributed by atoms with Gasteiger partial charge in [0.15, 0.2) is 0 Å².